The van der Waals surface area contributed by atoms with Gasteiger partial charge in [0.1, 0.15) is 0 Å². The number of hydrogen-bond donors (Lipinski definition) is 1. The first-order chi connectivity index (χ1) is 8.25. The molecule has 3 aromatic rings. The normalized spacial score (nSPS) is 10.3. The number of hydrogen-bond acceptors (Lipinski definition) is 2. The zero-order valence-electron chi connectivity index (χ0n) is 9.92. The van der Waals surface area contributed by atoms with Gasteiger partial charge in [-0.15, -0.1) is 0 Å². The molecule has 0 atom stereocenters. The van der Waals surface area contributed by atoms with Crippen LogP contribution in [0.25, 0.3) is 16.7 Å². The summed E-state index contributed by atoms with van der Waals surface area (Å²) in [5.41, 5.74) is 6.94. The summed E-state index contributed by atoms with van der Waals surface area (Å²) in [6.07, 6.45) is 3.92. The molecule has 0 saturated carbocycles. The molecular formula is C13H13IN4. The molecule has 5 heteroatoms. The average molecular weight is 352 g/mol. The number of anilines is 1. The number of para-hydroxylation sites is 1. The molecule has 0 fully saturated rings. The smallest absolute Gasteiger partial charge is 0.391 e. The number of nitrogens with zero attached hydrogens (tertiary/aromatic N) is 3. The predicted octanol–water partition coefficient (Wildman–Crippen LogP) is -1.56. The molecule has 18 heavy (non-hydrogen) atoms. The van der Waals surface area contributed by atoms with Crippen molar-refractivity contribution in [1.82, 2.24) is 9.55 Å². The fourth-order valence-electron chi connectivity index (χ4n) is 1.91. The van der Waals surface area contributed by atoms with E-state index in [0.29, 0.717) is 5.95 Å². The molecule has 92 valence electrons. The minimum absolute atomic E-state index is 0. The van der Waals surface area contributed by atoms with E-state index in [1.54, 1.807) is 4.57 Å². The summed E-state index contributed by atoms with van der Waals surface area (Å²) in [6.45, 7) is 0. The van der Waals surface area contributed by atoms with Crippen molar-refractivity contribution < 1.29 is 28.5 Å². The molecule has 0 bridgehead atoms. The highest BCUT2D eigenvalue weighted by molar-refractivity contribution is 5.81. The van der Waals surface area contributed by atoms with Crippen molar-refractivity contribution in [1.29, 1.82) is 0 Å². The number of nitrogen functional groups attached to an aromatic ring is 1. The van der Waals surface area contributed by atoms with Crippen LogP contribution in [-0.4, -0.2) is 9.55 Å². The van der Waals surface area contributed by atoms with E-state index in [4.69, 9.17) is 5.73 Å². The third kappa shape index (κ3) is 2.05. The van der Waals surface area contributed by atoms with E-state index in [2.05, 4.69) is 23.2 Å². The second kappa shape index (κ2) is 4.93. The molecule has 0 aliphatic carbocycles. The van der Waals surface area contributed by atoms with Crippen molar-refractivity contribution in [3.05, 3.63) is 48.8 Å². The van der Waals surface area contributed by atoms with E-state index in [9.17, 15) is 0 Å². The third-order valence-electron chi connectivity index (χ3n) is 2.88. The fourth-order valence-corrected chi connectivity index (χ4v) is 1.91. The predicted molar refractivity (Wildman–Crippen MR) is 66.7 cm³/mol. The van der Waals surface area contributed by atoms with Crippen LogP contribution in [0.3, 0.4) is 0 Å². The lowest BCUT2D eigenvalue weighted by Gasteiger charge is -2.02. The molecule has 0 spiro atoms. The van der Waals surface area contributed by atoms with Crippen LogP contribution in [0.2, 0.25) is 0 Å². The highest BCUT2D eigenvalue weighted by Gasteiger charge is 2.09. The molecule has 2 aromatic heterocycles. The quantitative estimate of drug-likeness (QED) is 0.425. The number of aryl methyl sites for hydroxylation is 1. The van der Waals surface area contributed by atoms with E-state index < -0.39 is 0 Å². The Bertz CT molecular complexity index is 690. The van der Waals surface area contributed by atoms with Gasteiger partial charge in [0, 0.05) is 17.6 Å². The Kier molecular flexibility index (Phi) is 3.51. The lowest BCUT2D eigenvalue weighted by molar-refractivity contribution is -0.659. The van der Waals surface area contributed by atoms with Crippen molar-refractivity contribution in [2.45, 2.75) is 0 Å². The van der Waals surface area contributed by atoms with Crippen molar-refractivity contribution in [3.8, 4) is 5.82 Å². The number of benzene rings is 1. The SMILES string of the molecule is C[n+]1ccc(-n2ccc3ccccc32)nc1N.[I-]. The highest BCUT2D eigenvalue weighted by atomic mass is 127. The van der Waals surface area contributed by atoms with E-state index in [0.717, 1.165) is 11.3 Å². The van der Waals surface area contributed by atoms with Crippen LogP contribution < -0.4 is 34.3 Å². The lowest BCUT2D eigenvalue weighted by Crippen LogP contribution is -3.00. The number of fused-ring (bicyclic) bond motifs is 1. The van der Waals surface area contributed by atoms with Gasteiger partial charge in [-0.25, -0.2) is 4.57 Å². The topological polar surface area (TPSA) is 47.7 Å². The third-order valence-corrected chi connectivity index (χ3v) is 2.88. The summed E-state index contributed by atoms with van der Waals surface area (Å²) < 4.78 is 3.82. The van der Waals surface area contributed by atoms with Gasteiger partial charge in [-0.2, -0.15) is 0 Å². The average Bonchev–Trinajstić information content (AvgIpc) is 2.76. The Labute approximate surface area is 122 Å². The summed E-state index contributed by atoms with van der Waals surface area (Å²) >= 11 is 0. The van der Waals surface area contributed by atoms with Crippen LogP contribution in [0, 0.1) is 0 Å². The Morgan fingerprint density at radius 1 is 1.17 bits per heavy atom. The van der Waals surface area contributed by atoms with E-state index in [1.807, 2.05) is 42.2 Å². The van der Waals surface area contributed by atoms with Gasteiger partial charge >= 0.3 is 5.95 Å². The van der Waals surface area contributed by atoms with Crippen LogP contribution in [0.4, 0.5) is 5.95 Å². The van der Waals surface area contributed by atoms with Gasteiger partial charge in [-0.3, -0.25) is 10.3 Å². The first-order valence-corrected chi connectivity index (χ1v) is 5.44. The zero-order chi connectivity index (χ0) is 11.8. The highest BCUT2D eigenvalue weighted by Crippen LogP contribution is 2.18. The number of rotatable bonds is 1. The molecule has 0 aliphatic rings. The van der Waals surface area contributed by atoms with Gasteiger partial charge in [-0.05, 0) is 12.1 Å². The molecule has 4 nitrogen and oxygen atoms in total. The summed E-state index contributed by atoms with van der Waals surface area (Å²) in [7, 11) is 1.87. The van der Waals surface area contributed by atoms with Crippen molar-refractivity contribution >= 4 is 16.9 Å². The Balaban J connectivity index is 0.00000120. The van der Waals surface area contributed by atoms with Crippen molar-refractivity contribution in [3.63, 3.8) is 0 Å². The molecule has 0 amide bonds. The first-order valence-electron chi connectivity index (χ1n) is 5.44. The number of nitrogens with two attached hydrogens (primary N) is 1. The fraction of sp³-hybridized carbons (Fsp3) is 0.0769. The van der Waals surface area contributed by atoms with Crippen LogP contribution in [0.1, 0.15) is 0 Å². The van der Waals surface area contributed by atoms with Gasteiger partial charge < -0.3 is 24.0 Å². The van der Waals surface area contributed by atoms with Gasteiger partial charge in [0.05, 0.1) is 18.8 Å². The molecule has 1 aromatic carbocycles. The van der Waals surface area contributed by atoms with Crippen molar-refractivity contribution in [2.75, 3.05) is 5.73 Å². The monoisotopic (exact) mass is 352 g/mol. The molecule has 0 saturated heterocycles. The van der Waals surface area contributed by atoms with Crippen LogP contribution >= 0.6 is 0 Å². The maximum absolute atomic E-state index is 5.81. The largest absolute Gasteiger partial charge is 1.00 e. The second-order valence-electron chi connectivity index (χ2n) is 4.00. The summed E-state index contributed by atoms with van der Waals surface area (Å²) in [5.74, 6) is 1.34. The van der Waals surface area contributed by atoms with Crippen LogP contribution in [0.15, 0.2) is 48.8 Å². The molecule has 0 radical (unpaired) electrons. The first kappa shape index (κ1) is 12.8. The Hall–Kier alpha value is -1.63. The van der Waals surface area contributed by atoms with Crippen LogP contribution in [-0.2, 0) is 7.05 Å². The molecule has 2 N–H and O–H groups in total. The molecule has 0 aliphatic heterocycles. The molecule has 2 heterocycles. The van der Waals surface area contributed by atoms with Gasteiger partial charge in [-0.1, -0.05) is 23.2 Å². The molecular weight excluding hydrogens is 339 g/mol. The number of aromatic nitrogens is 3. The zero-order valence-corrected chi connectivity index (χ0v) is 12.1. The van der Waals surface area contributed by atoms with Gasteiger partial charge in [0.2, 0.25) is 5.82 Å². The summed E-state index contributed by atoms with van der Waals surface area (Å²) in [5, 5.41) is 1.20. The molecule has 3 rings (SSSR count). The van der Waals surface area contributed by atoms with E-state index in [-0.39, 0.29) is 24.0 Å². The van der Waals surface area contributed by atoms with Gasteiger partial charge in [0.25, 0.3) is 0 Å². The summed E-state index contributed by atoms with van der Waals surface area (Å²) in [4.78, 5) is 4.37. The minimum Gasteiger partial charge on any atom is -1.00 e. The maximum Gasteiger partial charge on any atom is 0.391 e. The molecule has 0 unspecified atom stereocenters. The van der Waals surface area contributed by atoms with Crippen molar-refractivity contribution in [2.24, 2.45) is 7.05 Å². The van der Waals surface area contributed by atoms with E-state index in [1.165, 1.54) is 5.39 Å². The van der Waals surface area contributed by atoms with Crippen LogP contribution in [0.5, 0.6) is 0 Å². The Morgan fingerprint density at radius 3 is 2.72 bits per heavy atom. The Morgan fingerprint density at radius 2 is 1.94 bits per heavy atom. The number of halogens is 1. The summed E-state index contributed by atoms with van der Waals surface area (Å²) in [6, 6.07) is 12.2. The van der Waals surface area contributed by atoms with Gasteiger partial charge in [0.15, 0.2) is 0 Å². The standard InChI is InChI=1S/C13H12N4.HI/c1-16-8-7-12(15-13(16)14)17-9-6-10-4-2-3-5-11(10)17;/h2-9,14H,1H3;1H. The minimum atomic E-state index is 0. The maximum atomic E-state index is 5.81. The lowest BCUT2D eigenvalue weighted by atomic mass is 10.2. The van der Waals surface area contributed by atoms with E-state index >= 15 is 0 Å². The second-order valence-corrected chi connectivity index (χ2v) is 4.00.